The van der Waals surface area contributed by atoms with E-state index in [1.165, 1.54) is 0 Å². The van der Waals surface area contributed by atoms with E-state index in [1.807, 2.05) is 32.0 Å². The van der Waals surface area contributed by atoms with E-state index in [9.17, 15) is 8.42 Å². The highest BCUT2D eigenvalue weighted by atomic mass is 32.2. The topological polar surface area (TPSA) is 64.6 Å². The van der Waals surface area contributed by atoms with Crippen LogP contribution < -0.4 is 14.8 Å². The van der Waals surface area contributed by atoms with Gasteiger partial charge in [-0.15, -0.1) is 0 Å². The van der Waals surface area contributed by atoms with Crippen molar-refractivity contribution in [1.82, 2.24) is 0 Å². The fourth-order valence-corrected chi connectivity index (χ4v) is 4.15. The van der Waals surface area contributed by atoms with Gasteiger partial charge >= 0.3 is 0 Å². The van der Waals surface area contributed by atoms with Crippen molar-refractivity contribution >= 4 is 15.5 Å². The highest BCUT2D eigenvalue weighted by Crippen LogP contribution is 2.31. The molecule has 1 heterocycles. The average Bonchev–Trinajstić information content (AvgIpc) is 2.41. The van der Waals surface area contributed by atoms with Gasteiger partial charge in [0.1, 0.15) is 0 Å². The van der Waals surface area contributed by atoms with Crippen molar-refractivity contribution in [3.05, 3.63) is 18.2 Å². The SMILES string of the molecule is CCOc1ccc(NC2CCCS(=O)(=O)C2)cc1OCC. The van der Waals surface area contributed by atoms with Crippen molar-refractivity contribution in [2.75, 3.05) is 30.0 Å². The summed E-state index contributed by atoms with van der Waals surface area (Å²) < 4.78 is 34.4. The van der Waals surface area contributed by atoms with Crippen LogP contribution in [0.4, 0.5) is 5.69 Å². The number of ether oxygens (including phenoxy) is 2. The van der Waals surface area contributed by atoms with Crippen LogP contribution in [-0.4, -0.2) is 39.2 Å². The van der Waals surface area contributed by atoms with Crippen LogP contribution in [-0.2, 0) is 9.84 Å². The Balaban J connectivity index is 2.11. The second-order valence-electron chi connectivity index (χ2n) is 5.13. The summed E-state index contributed by atoms with van der Waals surface area (Å²) in [6, 6.07) is 5.59. The van der Waals surface area contributed by atoms with Gasteiger partial charge in [0.15, 0.2) is 21.3 Å². The second-order valence-corrected chi connectivity index (χ2v) is 7.35. The van der Waals surface area contributed by atoms with Gasteiger partial charge in [-0.05, 0) is 38.8 Å². The average molecular weight is 313 g/mol. The highest BCUT2D eigenvalue weighted by molar-refractivity contribution is 7.91. The van der Waals surface area contributed by atoms with Gasteiger partial charge in [-0.3, -0.25) is 0 Å². The molecule has 0 radical (unpaired) electrons. The van der Waals surface area contributed by atoms with Crippen LogP contribution in [0.5, 0.6) is 11.5 Å². The molecule has 1 aliphatic heterocycles. The lowest BCUT2D eigenvalue weighted by atomic mass is 10.1. The standard InChI is InChI=1S/C15H23NO4S/c1-3-19-14-8-7-12(10-15(14)20-4-2)16-13-6-5-9-21(17,18)11-13/h7-8,10,13,16H,3-6,9,11H2,1-2H3. The molecular formula is C15H23NO4S. The van der Waals surface area contributed by atoms with E-state index in [4.69, 9.17) is 9.47 Å². The fourth-order valence-electron chi connectivity index (χ4n) is 2.51. The smallest absolute Gasteiger partial charge is 0.163 e. The third kappa shape index (κ3) is 4.52. The Hall–Kier alpha value is -1.43. The van der Waals surface area contributed by atoms with E-state index in [0.717, 1.165) is 18.5 Å². The quantitative estimate of drug-likeness (QED) is 0.874. The molecule has 0 spiro atoms. The van der Waals surface area contributed by atoms with Gasteiger partial charge in [0.05, 0.1) is 24.7 Å². The number of anilines is 1. The zero-order chi connectivity index (χ0) is 15.3. The molecule has 0 saturated carbocycles. The molecule has 1 unspecified atom stereocenters. The molecule has 1 atom stereocenters. The molecule has 0 amide bonds. The Kier molecular flexibility index (Phi) is 5.33. The minimum absolute atomic E-state index is 0.0313. The van der Waals surface area contributed by atoms with E-state index < -0.39 is 9.84 Å². The molecule has 1 fully saturated rings. The minimum Gasteiger partial charge on any atom is -0.490 e. The summed E-state index contributed by atoms with van der Waals surface area (Å²) >= 11 is 0. The van der Waals surface area contributed by atoms with Crippen LogP contribution in [0.1, 0.15) is 26.7 Å². The van der Waals surface area contributed by atoms with Crippen LogP contribution in [0.15, 0.2) is 18.2 Å². The summed E-state index contributed by atoms with van der Waals surface area (Å²) in [7, 11) is -2.91. The van der Waals surface area contributed by atoms with E-state index in [2.05, 4.69) is 5.32 Å². The molecule has 21 heavy (non-hydrogen) atoms. The first-order chi connectivity index (χ1) is 10.0. The molecule has 1 aliphatic rings. The number of hydrogen-bond acceptors (Lipinski definition) is 5. The van der Waals surface area contributed by atoms with E-state index in [1.54, 1.807) is 0 Å². The van der Waals surface area contributed by atoms with Gasteiger partial charge in [0, 0.05) is 17.8 Å². The Labute approximate surface area is 126 Å². The second kappa shape index (κ2) is 7.02. The third-order valence-corrected chi connectivity index (χ3v) is 5.20. The zero-order valence-corrected chi connectivity index (χ0v) is 13.4. The van der Waals surface area contributed by atoms with Crippen molar-refractivity contribution < 1.29 is 17.9 Å². The molecule has 0 aromatic heterocycles. The van der Waals surface area contributed by atoms with Crippen molar-refractivity contribution in [2.24, 2.45) is 0 Å². The lowest BCUT2D eigenvalue weighted by Gasteiger charge is -2.24. The summed E-state index contributed by atoms with van der Waals surface area (Å²) in [6.45, 7) is 4.98. The van der Waals surface area contributed by atoms with Gasteiger partial charge in [0.2, 0.25) is 0 Å². The maximum Gasteiger partial charge on any atom is 0.163 e. The fraction of sp³-hybridized carbons (Fsp3) is 0.600. The van der Waals surface area contributed by atoms with Gasteiger partial charge in [-0.1, -0.05) is 0 Å². The normalized spacial score (nSPS) is 20.8. The molecule has 2 rings (SSSR count). The van der Waals surface area contributed by atoms with E-state index in [0.29, 0.717) is 30.5 Å². The first kappa shape index (κ1) is 15.9. The van der Waals surface area contributed by atoms with E-state index in [-0.39, 0.29) is 11.8 Å². The highest BCUT2D eigenvalue weighted by Gasteiger charge is 2.24. The molecule has 1 aromatic rings. The lowest BCUT2D eigenvalue weighted by molar-refractivity contribution is 0.288. The minimum atomic E-state index is -2.91. The molecule has 1 N–H and O–H groups in total. The Bertz CT molecular complexity index is 571. The van der Waals surface area contributed by atoms with Crippen LogP contribution >= 0.6 is 0 Å². The first-order valence-corrected chi connectivity index (χ1v) is 9.23. The Morgan fingerprint density at radius 3 is 2.57 bits per heavy atom. The van der Waals surface area contributed by atoms with Gasteiger partial charge < -0.3 is 14.8 Å². The van der Waals surface area contributed by atoms with Crippen LogP contribution in [0.2, 0.25) is 0 Å². The summed E-state index contributed by atoms with van der Waals surface area (Å²) in [4.78, 5) is 0. The van der Waals surface area contributed by atoms with Crippen LogP contribution in [0, 0.1) is 0 Å². The number of benzene rings is 1. The monoisotopic (exact) mass is 313 g/mol. The summed E-state index contributed by atoms with van der Waals surface area (Å²) in [5.74, 6) is 1.90. The maximum absolute atomic E-state index is 11.7. The molecule has 1 saturated heterocycles. The number of sulfone groups is 1. The molecule has 6 heteroatoms. The maximum atomic E-state index is 11.7. The van der Waals surface area contributed by atoms with Crippen LogP contribution in [0.3, 0.4) is 0 Å². The first-order valence-electron chi connectivity index (χ1n) is 7.40. The summed E-state index contributed by atoms with van der Waals surface area (Å²) in [5, 5.41) is 3.29. The Morgan fingerprint density at radius 1 is 1.19 bits per heavy atom. The van der Waals surface area contributed by atoms with E-state index >= 15 is 0 Å². The summed E-state index contributed by atoms with van der Waals surface area (Å²) in [5.41, 5.74) is 0.865. The largest absolute Gasteiger partial charge is 0.490 e. The third-order valence-electron chi connectivity index (χ3n) is 3.38. The number of nitrogens with one attached hydrogen (secondary N) is 1. The molecule has 0 bridgehead atoms. The van der Waals surface area contributed by atoms with Crippen molar-refractivity contribution in [2.45, 2.75) is 32.7 Å². The molecule has 0 aliphatic carbocycles. The number of hydrogen-bond donors (Lipinski definition) is 1. The number of rotatable bonds is 6. The van der Waals surface area contributed by atoms with Gasteiger partial charge in [0.25, 0.3) is 0 Å². The van der Waals surface area contributed by atoms with Gasteiger partial charge in [-0.2, -0.15) is 0 Å². The van der Waals surface area contributed by atoms with Crippen molar-refractivity contribution in [1.29, 1.82) is 0 Å². The molecule has 118 valence electrons. The molecule has 1 aromatic carbocycles. The van der Waals surface area contributed by atoms with Crippen molar-refractivity contribution in [3.8, 4) is 11.5 Å². The molecule has 5 nitrogen and oxygen atoms in total. The summed E-state index contributed by atoms with van der Waals surface area (Å²) in [6.07, 6.45) is 1.59. The zero-order valence-electron chi connectivity index (χ0n) is 12.6. The molecular weight excluding hydrogens is 290 g/mol. The Morgan fingerprint density at radius 2 is 1.90 bits per heavy atom. The van der Waals surface area contributed by atoms with Gasteiger partial charge in [-0.25, -0.2) is 8.42 Å². The predicted octanol–water partition coefficient (Wildman–Crippen LogP) is 2.47. The lowest BCUT2D eigenvalue weighted by Crippen LogP contribution is -2.34. The van der Waals surface area contributed by atoms with Crippen LogP contribution in [0.25, 0.3) is 0 Å². The van der Waals surface area contributed by atoms with Crippen molar-refractivity contribution in [3.63, 3.8) is 0 Å². The predicted molar refractivity (Wildman–Crippen MR) is 84.1 cm³/mol.